The number of nitrogens with one attached hydrogen (secondary N) is 2. The summed E-state index contributed by atoms with van der Waals surface area (Å²) in [5, 5.41) is 9.56. The van der Waals surface area contributed by atoms with E-state index in [1.54, 1.807) is 39.7 Å². The molecular weight excluding hydrogens is 493 g/mol. The minimum atomic E-state index is 0. The molecule has 8 nitrogen and oxygen atoms in total. The molecule has 0 fully saturated rings. The van der Waals surface area contributed by atoms with Gasteiger partial charge in [0.15, 0.2) is 22.6 Å². The summed E-state index contributed by atoms with van der Waals surface area (Å²) in [6.45, 7) is 1.15. The van der Waals surface area contributed by atoms with Crippen molar-refractivity contribution < 1.29 is 14.2 Å². The molecule has 1 aromatic heterocycles. The molecule has 156 valence electrons. The van der Waals surface area contributed by atoms with Gasteiger partial charge in [0.05, 0.1) is 33.6 Å². The number of aliphatic imine (C=N–C) groups is 1. The van der Waals surface area contributed by atoms with Crippen LogP contribution in [-0.4, -0.2) is 53.4 Å². The van der Waals surface area contributed by atoms with E-state index in [0.29, 0.717) is 36.3 Å². The van der Waals surface area contributed by atoms with Gasteiger partial charge < -0.3 is 29.7 Å². The fourth-order valence-electron chi connectivity index (χ4n) is 2.40. The predicted octanol–water partition coefficient (Wildman–Crippen LogP) is 2.72. The number of thiazole rings is 1. The van der Waals surface area contributed by atoms with Gasteiger partial charge in [-0.25, -0.2) is 4.98 Å². The second-order valence-electron chi connectivity index (χ2n) is 5.83. The van der Waals surface area contributed by atoms with Gasteiger partial charge in [0, 0.05) is 33.1 Å². The van der Waals surface area contributed by atoms with Gasteiger partial charge in [-0.1, -0.05) is 0 Å². The van der Waals surface area contributed by atoms with Crippen LogP contribution < -0.4 is 29.7 Å². The second kappa shape index (κ2) is 11.8. The molecule has 2 N–H and O–H groups in total. The Bertz CT molecular complexity index is 757. The van der Waals surface area contributed by atoms with Crippen molar-refractivity contribution in [3.8, 4) is 17.2 Å². The first-order valence-corrected chi connectivity index (χ1v) is 9.25. The highest BCUT2D eigenvalue weighted by Crippen LogP contribution is 2.38. The third-order valence-electron chi connectivity index (χ3n) is 3.77. The van der Waals surface area contributed by atoms with Crippen molar-refractivity contribution >= 4 is 46.4 Å². The molecule has 1 heterocycles. The summed E-state index contributed by atoms with van der Waals surface area (Å²) in [5.41, 5.74) is 1.95. The Morgan fingerprint density at radius 1 is 1.07 bits per heavy atom. The topological polar surface area (TPSA) is 80.2 Å². The highest BCUT2D eigenvalue weighted by molar-refractivity contribution is 14.0. The third kappa shape index (κ3) is 6.30. The van der Waals surface area contributed by atoms with Crippen molar-refractivity contribution in [1.29, 1.82) is 0 Å². The predicted molar refractivity (Wildman–Crippen MR) is 125 cm³/mol. The largest absolute Gasteiger partial charge is 0.493 e. The molecular formula is C18H28IN5O3S. The standard InChI is InChI=1S/C18H27N5O3S.HI/c1-19-17(21-10-13-11-27-18(22-13)23(2)3)20-9-12-7-14(24-4)16(26-6)15(8-12)25-5;/h7-8,11H,9-10H2,1-6H3,(H2,19,20,21);1H. The van der Waals surface area contributed by atoms with Crippen molar-refractivity contribution in [2.75, 3.05) is 47.4 Å². The summed E-state index contributed by atoms with van der Waals surface area (Å²) in [7, 11) is 10.5. The monoisotopic (exact) mass is 521 g/mol. The molecule has 0 atom stereocenters. The van der Waals surface area contributed by atoms with E-state index in [-0.39, 0.29) is 24.0 Å². The Hall–Kier alpha value is -1.95. The van der Waals surface area contributed by atoms with Crippen LogP contribution in [0.3, 0.4) is 0 Å². The smallest absolute Gasteiger partial charge is 0.203 e. The zero-order valence-electron chi connectivity index (χ0n) is 17.0. The zero-order valence-corrected chi connectivity index (χ0v) is 20.2. The van der Waals surface area contributed by atoms with Gasteiger partial charge in [-0.05, 0) is 17.7 Å². The molecule has 0 saturated carbocycles. The highest BCUT2D eigenvalue weighted by atomic mass is 127. The average molecular weight is 521 g/mol. The fraction of sp³-hybridized carbons (Fsp3) is 0.444. The van der Waals surface area contributed by atoms with Crippen LogP contribution >= 0.6 is 35.3 Å². The maximum atomic E-state index is 5.39. The Kier molecular flexibility index (Phi) is 10.1. The Morgan fingerprint density at radius 3 is 2.14 bits per heavy atom. The lowest BCUT2D eigenvalue weighted by Gasteiger charge is -2.15. The molecule has 0 radical (unpaired) electrons. The van der Waals surface area contributed by atoms with Crippen LogP contribution in [0, 0.1) is 0 Å². The first-order valence-electron chi connectivity index (χ1n) is 8.37. The zero-order chi connectivity index (χ0) is 19.8. The highest BCUT2D eigenvalue weighted by Gasteiger charge is 2.13. The normalized spacial score (nSPS) is 10.7. The minimum absolute atomic E-state index is 0. The van der Waals surface area contributed by atoms with Crippen LogP contribution in [-0.2, 0) is 13.1 Å². The van der Waals surface area contributed by atoms with E-state index >= 15 is 0 Å². The third-order valence-corrected chi connectivity index (χ3v) is 4.82. The first-order chi connectivity index (χ1) is 13.0. The van der Waals surface area contributed by atoms with E-state index in [1.165, 1.54) is 0 Å². The number of methoxy groups -OCH3 is 3. The molecule has 2 rings (SSSR count). The molecule has 28 heavy (non-hydrogen) atoms. The Morgan fingerprint density at radius 2 is 1.68 bits per heavy atom. The number of nitrogens with zero attached hydrogens (tertiary/aromatic N) is 3. The summed E-state index contributed by atoms with van der Waals surface area (Å²) >= 11 is 1.61. The quantitative estimate of drug-likeness (QED) is 0.314. The van der Waals surface area contributed by atoms with Gasteiger partial charge in [-0.15, -0.1) is 35.3 Å². The fourth-order valence-corrected chi connectivity index (χ4v) is 3.16. The van der Waals surface area contributed by atoms with Crippen LogP contribution in [0.1, 0.15) is 11.3 Å². The number of anilines is 1. The van der Waals surface area contributed by atoms with E-state index < -0.39 is 0 Å². The van der Waals surface area contributed by atoms with Gasteiger partial charge >= 0.3 is 0 Å². The van der Waals surface area contributed by atoms with Crippen molar-refractivity contribution in [1.82, 2.24) is 15.6 Å². The molecule has 0 amide bonds. The number of hydrogen-bond acceptors (Lipinski definition) is 7. The molecule has 0 saturated heterocycles. The minimum Gasteiger partial charge on any atom is -0.493 e. The van der Waals surface area contributed by atoms with Crippen LogP contribution in [0.5, 0.6) is 17.2 Å². The lowest BCUT2D eigenvalue weighted by molar-refractivity contribution is 0.323. The van der Waals surface area contributed by atoms with Gasteiger partial charge in [0.2, 0.25) is 5.75 Å². The molecule has 0 aliphatic heterocycles. The summed E-state index contributed by atoms with van der Waals surface area (Å²) < 4.78 is 16.1. The lowest BCUT2D eigenvalue weighted by Crippen LogP contribution is -2.36. The Labute approximate surface area is 187 Å². The van der Waals surface area contributed by atoms with Gasteiger partial charge in [-0.3, -0.25) is 4.99 Å². The Balaban J connectivity index is 0.00000392. The summed E-state index contributed by atoms with van der Waals surface area (Å²) in [6, 6.07) is 3.82. The average Bonchev–Trinajstić information content (AvgIpc) is 3.16. The molecule has 0 unspecified atom stereocenters. The molecule has 2 aromatic rings. The number of guanidine groups is 1. The van der Waals surface area contributed by atoms with Crippen molar-refractivity contribution in [2.24, 2.45) is 4.99 Å². The van der Waals surface area contributed by atoms with Gasteiger partial charge in [0.1, 0.15) is 0 Å². The lowest BCUT2D eigenvalue weighted by atomic mass is 10.2. The maximum absolute atomic E-state index is 5.39. The molecule has 0 spiro atoms. The summed E-state index contributed by atoms with van der Waals surface area (Å²) in [5.74, 6) is 2.50. The van der Waals surface area contributed by atoms with Crippen LogP contribution in [0.25, 0.3) is 0 Å². The molecule has 0 bridgehead atoms. The van der Waals surface area contributed by atoms with Crippen molar-refractivity contribution in [2.45, 2.75) is 13.1 Å². The first kappa shape index (κ1) is 24.1. The number of halogens is 1. The van der Waals surface area contributed by atoms with Gasteiger partial charge in [0.25, 0.3) is 0 Å². The SMILES string of the molecule is CN=C(NCc1cc(OC)c(OC)c(OC)c1)NCc1csc(N(C)C)n1.I. The molecule has 1 aromatic carbocycles. The summed E-state index contributed by atoms with van der Waals surface area (Å²) in [4.78, 5) is 10.8. The maximum Gasteiger partial charge on any atom is 0.203 e. The van der Waals surface area contributed by atoms with Crippen LogP contribution in [0.15, 0.2) is 22.5 Å². The van der Waals surface area contributed by atoms with Crippen LogP contribution in [0.4, 0.5) is 5.13 Å². The second-order valence-corrected chi connectivity index (χ2v) is 6.67. The van der Waals surface area contributed by atoms with E-state index in [9.17, 15) is 0 Å². The van der Waals surface area contributed by atoms with E-state index in [0.717, 1.165) is 16.4 Å². The van der Waals surface area contributed by atoms with E-state index in [4.69, 9.17) is 14.2 Å². The number of hydrogen-bond donors (Lipinski definition) is 2. The van der Waals surface area contributed by atoms with Crippen molar-refractivity contribution in [3.05, 3.63) is 28.8 Å². The molecule has 10 heteroatoms. The number of aromatic nitrogens is 1. The van der Waals surface area contributed by atoms with Crippen molar-refractivity contribution in [3.63, 3.8) is 0 Å². The molecule has 0 aliphatic carbocycles. The van der Waals surface area contributed by atoms with Gasteiger partial charge in [-0.2, -0.15) is 0 Å². The van der Waals surface area contributed by atoms with E-state index in [2.05, 4.69) is 20.6 Å². The number of rotatable bonds is 8. The van der Waals surface area contributed by atoms with E-state index in [1.807, 2.05) is 36.5 Å². The van der Waals surface area contributed by atoms with Crippen LogP contribution in [0.2, 0.25) is 0 Å². The summed E-state index contributed by atoms with van der Waals surface area (Å²) in [6.07, 6.45) is 0. The number of benzene rings is 1. The molecule has 0 aliphatic rings. The number of ether oxygens (including phenoxy) is 3.